The Morgan fingerprint density at radius 1 is 0.947 bits per heavy atom. The summed E-state index contributed by atoms with van der Waals surface area (Å²) in [6, 6.07) is 0. The zero-order valence-electron chi connectivity index (χ0n) is 11.6. The molecule has 0 aliphatic heterocycles. The first kappa shape index (κ1) is 12.9. The van der Waals surface area contributed by atoms with Crippen LogP contribution in [-0.4, -0.2) is 22.2 Å². The van der Waals surface area contributed by atoms with E-state index in [1.54, 1.807) is 0 Å². The molecular formula is C15H22O4. The Bertz CT molecular complexity index is 455. The summed E-state index contributed by atoms with van der Waals surface area (Å²) >= 11 is 0. The Balaban J connectivity index is 2.28. The minimum absolute atomic E-state index is 0.0543. The number of carboxylic acid groups (broad SMARTS) is 2. The topological polar surface area (TPSA) is 74.6 Å². The van der Waals surface area contributed by atoms with E-state index < -0.39 is 28.2 Å². The highest BCUT2D eigenvalue weighted by Gasteiger charge is 2.80. The highest BCUT2D eigenvalue weighted by molar-refractivity contribution is 5.90. The van der Waals surface area contributed by atoms with E-state index >= 15 is 0 Å². The molecule has 2 N–H and O–H groups in total. The SMILES string of the molecule is CC1(C)C2CCCC2[C@@]2(C(=O)O)CCC[C@@]12C(=O)O. The molecule has 106 valence electrons. The molecule has 2 unspecified atom stereocenters. The summed E-state index contributed by atoms with van der Waals surface area (Å²) in [6.07, 6.45) is 4.71. The second-order valence-electron chi connectivity index (χ2n) is 7.21. The minimum Gasteiger partial charge on any atom is -0.481 e. The number of aliphatic carboxylic acids is 2. The molecule has 19 heavy (non-hydrogen) atoms. The molecule has 4 heteroatoms. The Kier molecular flexibility index (Phi) is 2.40. The number of carbonyl (C=O) groups is 2. The molecule has 0 aromatic heterocycles. The number of hydrogen-bond donors (Lipinski definition) is 2. The van der Waals surface area contributed by atoms with Gasteiger partial charge < -0.3 is 10.2 Å². The van der Waals surface area contributed by atoms with Gasteiger partial charge in [-0.25, -0.2) is 0 Å². The van der Waals surface area contributed by atoms with E-state index in [1.807, 2.05) is 13.8 Å². The fourth-order valence-corrected chi connectivity index (χ4v) is 6.22. The van der Waals surface area contributed by atoms with E-state index in [4.69, 9.17) is 0 Å². The van der Waals surface area contributed by atoms with Crippen LogP contribution in [0.4, 0.5) is 0 Å². The van der Waals surface area contributed by atoms with Gasteiger partial charge in [-0.15, -0.1) is 0 Å². The molecule has 3 aliphatic carbocycles. The van der Waals surface area contributed by atoms with Gasteiger partial charge in [0.05, 0.1) is 10.8 Å². The highest BCUT2D eigenvalue weighted by atomic mass is 16.4. The summed E-state index contributed by atoms with van der Waals surface area (Å²) in [7, 11) is 0. The molecule has 0 spiro atoms. The standard InChI is InChI=1S/C15H22O4/c1-13(2)9-5-3-6-10(9)14(11(16)17)7-4-8-15(13,14)12(18)19/h9-10H,3-8H2,1-2H3,(H,16,17)(H,18,19)/t9?,10?,14-,15-/m1/s1. The van der Waals surface area contributed by atoms with E-state index in [2.05, 4.69) is 0 Å². The van der Waals surface area contributed by atoms with Gasteiger partial charge >= 0.3 is 11.9 Å². The van der Waals surface area contributed by atoms with Gasteiger partial charge in [0.25, 0.3) is 0 Å². The van der Waals surface area contributed by atoms with Crippen LogP contribution in [-0.2, 0) is 9.59 Å². The lowest BCUT2D eigenvalue weighted by molar-refractivity contribution is -0.178. The molecule has 3 rings (SSSR count). The maximum absolute atomic E-state index is 12.1. The highest BCUT2D eigenvalue weighted by Crippen LogP contribution is 2.77. The van der Waals surface area contributed by atoms with Crippen molar-refractivity contribution >= 4 is 11.9 Å². The predicted octanol–water partition coefficient (Wildman–Crippen LogP) is 2.77. The van der Waals surface area contributed by atoms with Crippen molar-refractivity contribution in [3.05, 3.63) is 0 Å². The first-order valence-corrected chi connectivity index (χ1v) is 7.29. The Hall–Kier alpha value is -1.06. The maximum atomic E-state index is 12.1. The molecule has 3 saturated carbocycles. The summed E-state index contributed by atoms with van der Waals surface area (Å²) in [4.78, 5) is 24.2. The predicted molar refractivity (Wildman–Crippen MR) is 68.6 cm³/mol. The van der Waals surface area contributed by atoms with Crippen LogP contribution < -0.4 is 0 Å². The van der Waals surface area contributed by atoms with Gasteiger partial charge in [0.1, 0.15) is 0 Å². The summed E-state index contributed by atoms with van der Waals surface area (Å²) in [5, 5.41) is 19.8. The van der Waals surface area contributed by atoms with Crippen LogP contribution in [0.3, 0.4) is 0 Å². The van der Waals surface area contributed by atoms with E-state index in [0.717, 1.165) is 25.7 Å². The Morgan fingerprint density at radius 2 is 1.58 bits per heavy atom. The van der Waals surface area contributed by atoms with Crippen LogP contribution in [0, 0.1) is 28.1 Å². The third-order valence-corrected chi connectivity index (χ3v) is 6.81. The van der Waals surface area contributed by atoms with E-state index in [1.165, 1.54) is 0 Å². The lowest BCUT2D eigenvalue weighted by atomic mass is 9.56. The third kappa shape index (κ3) is 1.09. The average Bonchev–Trinajstić information content (AvgIpc) is 2.95. The van der Waals surface area contributed by atoms with Crippen molar-refractivity contribution < 1.29 is 19.8 Å². The Morgan fingerprint density at radius 3 is 2.16 bits per heavy atom. The van der Waals surface area contributed by atoms with Gasteiger partial charge in [-0.3, -0.25) is 9.59 Å². The minimum atomic E-state index is -1.07. The monoisotopic (exact) mass is 266 g/mol. The lowest BCUT2D eigenvalue weighted by Crippen LogP contribution is -2.53. The molecule has 3 fully saturated rings. The fraction of sp³-hybridized carbons (Fsp3) is 0.867. The van der Waals surface area contributed by atoms with Gasteiger partial charge in [-0.05, 0) is 42.9 Å². The second-order valence-corrected chi connectivity index (χ2v) is 7.21. The number of carboxylic acids is 2. The molecule has 0 aromatic carbocycles. The molecule has 0 heterocycles. The largest absolute Gasteiger partial charge is 0.481 e. The third-order valence-electron chi connectivity index (χ3n) is 6.81. The molecule has 0 aromatic rings. The van der Waals surface area contributed by atoms with Crippen LogP contribution in [0.1, 0.15) is 52.4 Å². The number of hydrogen-bond acceptors (Lipinski definition) is 2. The van der Waals surface area contributed by atoms with Crippen LogP contribution in [0.5, 0.6) is 0 Å². The van der Waals surface area contributed by atoms with Crippen molar-refractivity contribution in [1.29, 1.82) is 0 Å². The second kappa shape index (κ2) is 3.53. The van der Waals surface area contributed by atoms with E-state index in [0.29, 0.717) is 12.8 Å². The van der Waals surface area contributed by atoms with Crippen molar-refractivity contribution in [3.63, 3.8) is 0 Å². The molecule has 0 saturated heterocycles. The van der Waals surface area contributed by atoms with Gasteiger partial charge in [0.15, 0.2) is 0 Å². The summed E-state index contributed by atoms with van der Waals surface area (Å²) in [6.45, 7) is 4.00. The quantitative estimate of drug-likeness (QED) is 0.806. The summed E-state index contributed by atoms with van der Waals surface area (Å²) < 4.78 is 0. The number of rotatable bonds is 2. The van der Waals surface area contributed by atoms with Crippen molar-refractivity contribution in [2.75, 3.05) is 0 Å². The maximum Gasteiger partial charge on any atom is 0.311 e. The molecule has 4 atom stereocenters. The zero-order valence-corrected chi connectivity index (χ0v) is 11.6. The fourth-order valence-electron chi connectivity index (χ4n) is 6.22. The average molecular weight is 266 g/mol. The van der Waals surface area contributed by atoms with Crippen LogP contribution in [0.2, 0.25) is 0 Å². The molecule has 4 nitrogen and oxygen atoms in total. The van der Waals surface area contributed by atoms with Gasteiger partial charge in [0.2, 0.25) is 0 Å². The Labute approximate surface area is 113 Å². The molecule has 0 bridgehead atoms. The van der Waals surface area contributed by atoms with Gasteiger partial charge in [-0.2, -0.15) is 0 Å². The van der Waals surface area contributed by atoms with Crippen molar-refractivity contribution in [3.8, 4) is 0 Å². The molecular weight excluding hydrogens is 244 g/mol. The van der Waals surface area contributed by atoms with Crippen LogP contribution in [0.15, 0.2) is 0 Å². The van der Waals surface area contributed by atoms with Crippen molar-refractivity contribution in [2.24, 2.45) is 28.1 Å². The molecule has 0 radical (unpaired) electrons. The first-order valence-electron chi connectivity index (χ1n) is 7.29. The summed E-state index contributed by atoms with van der Waals surface area (Å²) in [5.74, 6) is -1.44. The zero-order chi connectivity index (χ0) is 14.1. The van der Waals surface area contributed by atoms with E-state index in [9.17, 15) is 19.8 Å². The van der Waals surface area contributed by atoms with Crippen LogP contribution in [0.25, 0.3) is 0 Å². The molecule has 0 amide bonds. The number of fused-ring (bicyclic) bond motifs is 3. The first-order chi connectivity index (χ1) is 8.82. The van der Waals surface area contributed by atoms with Crippen molar-refractivity contribution in [2.45, 2.75) is 52.4 Å². The smallest absolute Gasteiger partial charge is 0.311 e. The van der Waals surface area contributed by atoms with Crippen LogP contribution >= 0.6 is 0 Å². The van der Waals surface area contributed by atoms with E-state index in [-0.39, 0.29) is 11.8 Å². The lowest BCUT2D eigenvalue weighted by Gasteiger charge is -2.44. The summed E-state index contributed by atoms with van der Waals surface area (Å²) in [5.41, 5.74) is -2.51. The van der Waals surface area contributed by atoms with Crippen molar-refractivity contribution in [1.82, 2.24) is 0 Å². The normalized spacial score (nSPS) is 46.8. The van der Waals surface area contributed by atoms with Gasteiger partial charge in [-0.1, -0.05) is 26.7 Å². The molecule has 3 aliphatic rings. The van der Waals surface area contributed by atoms with Gasteiger partial charge in [0, 0.05) is 0 Å².